The summed E-state index contributed by atoms with van der Waals surface area (Å²) >= 11 is 2.80. The number of amides is 1. The minimum absolute atomic E-state index is 0.0603. The number of carbonyl (C=O) groups excluding carboxylic acids is 1. The molecule has 0 saturated heterocycles. The number of para-hydroxylation sites is 1. The van der Waals surface area contributed by atoms with E-state index in [9.17, 15) is 9.59 Å². The maximum atomic E-state index is 12.7. The standard InChI is InChI=1S/C20H23N3O2S2/c1-11(2)14-8-6-7-9-15(14)21-16(24)10-26-20-22-18-17(19(25)23(20)5)12(3)13(4)27-18/h6-9,11H,10H2,1-5H3,(H,21,24). The molecule has 3 aromatic rings. The maximum Gasteiger partial charge on any atom is 0.262 e. The van der Waals surface area contributed by atoms with E-state index in [1.165, 1.54) is 27.7 Å². The van der Waals surface area contributed by atoms with Gasteiger partial charge in [0.2, 0.25) is 5.91 Å². The molecule has 5 nitrogen and oxygen atoms in total. The van der Waals surface area contributed by atoms with Crippen LogP contribution in [-0.2, 0) is 11.8 Å². The second kappa shape index (κ2) is 7.86. The number of hydrogen-bond acceptors (Lipinski definition) is 5. The number of carbonyl (C=O) groups is 1. The molecule has 27 heavy (non-hydrogen) atoms. The summed E-state index contributed by atoms with van der Waals surface area (Å²) in [7, 11) is 1.70. The summed E-state index contributed by atoms with van der Waals surface area (Å²) in [6.07, 6.45) is 0. The Kier molecular flexibility index (Phi) is 5.72. The Hall–Kier alpha value is -2.12. The van der Waals surface area contributed by atoms with Crippen LogP contribution in [0.3, 0.4) is 0 Å². The quantitative estimate of drug-likeness (QED) is 0.506. The highest BCUT2D eigenvalue weighted by molar-refractivity contribution is 7.99. The van der Waals surface area contributed by atoms with Crippen LogP contribution in [0.15, 0.2) is 34.2 Å². The normalized spacial score (nSPS) is 11.3. The molecule has 0 aliphatic heterocycles. The Morgan fingerprint density at radius 3 is 2.70 bits per heavy atom. The van der Waals surface area contributed by atoms with Crippen molar-refractivity contribution in [3.05, 3.63) is 50.6 Å². The molecule has 0 unspecified atom stereocenters. The summed E-state index contributed by atoms with van der Waals surface area (Å²) in [6.45, 7) is 8.14. The van der Waals surface area contributed by atoms with Gasteiger partial charge in [0.15, 0.2) is 5.16 Å². The molecule has 2 heterocycles. The summed E-state index contributed by atoms with van der Waals surface area (Å²) in [6, 6.07) is 7.82. The topological polar surface area (TPSA) is 64.0 Å². The second-order valence-electron chi connectivity index (χ2n) is 6.80. The zero-order valence-corrected chi connectivity index (χ0v) is 17.8. The van der Waals surface area contributed by atoms with Crippen molar-refractivity contribution >= 4 is 44.9 Å². The molecule has 2 aromatic heterocycles. The van der Waals surface area contributed by atoms with Gasteiger partial charge in [-0.1, -0.05) is 43.8 Å². The molecule has 142 valence electrons. The maximum absolute atomic E-state index is 12.7. The first kappa shape index (κ1) is 19.6. The third-order valence-corrected chi connectivity index (χ3v) is 6.69. The van der Waals surface area contributed by atoms with Crippen molar-refractivity contribution in [2.45, 2.75) is 38.8 Å². The molecule has 0 aliphatic carbocycles. The molecule has 0 bridgehead atoms. The van der Waals surface area contributed by atoms with Crippen LogP contribution in [0.25, 0.3) is 10.2 Å². The van der Waals surface area contributed by atoms with E-state index in [1.54, 1.807) is 7.05 Å². The number of rotatable bonds is 5. The molecule has 0 atom stereocenters. The van der Waals surface area contributed by atoms with Crippen LogP contribution in [-0.4, -0.2) is 21.2 Å². The van der Waals surface area contributed by atoms with E-state index in [4.69, 9.17) is 0 Å². The first-order valence-corrected chi connectivity index (χ1v) is 10.6. The lowest BCUT2D eigenvalue weighted by Gasteiger charge is -2.13. The summed E-state index contributed by atoms with van der Waals surface area (Å²) in [5.74, 6) is 0.409. The largest absolute Gasteiger partial charge is 0.325 e. The highest BCUT2D eigenvalue weighted by Crippen LogP contribution is 2.28. The molecule has 1 N–H and O–H groups in total. The number of fused-ring (bicyclic) bond motifs is 1. The van der Waals surface area contributed by atoms with Crippen molar-refractivity contribution < 1.29 is 4.79 Å². The number of aryl methyl sites for hydroxylation is 2. The first-order chi connectivity index (χ1) is 12.8. The molecule has 0 spiro atoms. The van der Waals surface area contributed by atoms with E-state index in [-0.39, 0.29) is 17.2 Å². The number of thiophene rings is 1. The number of nitrogens with one attached hydrogen (secondary N) is 1. The minimum atomic E-state index is -0.110. The fraction of sp³-hybridized carbons (Fsp3) is 0.350. The van der Waals surface area contributed by atoms with Crippen LogP contribution in [0.5, 0.6) is 0 Å². The van der Waals surface area contributed by atoms with Crippen LogP contribution in [0.2, 0.25) is 0 Å². The number of anilines is 1. The van der Waals surface area contributed by atoms with E-state index >= 15 is 0 Å². The number of aromatic nitrogens is 2. The fourth-order valence-electron chi connectivity index (χ4n) is 2.92. The average molecular weight is 402 g/mol. The summed E-state index contributed by atoms with van der Waals surface area (Å²) < 4.78 is 1.53. The smallest absolute Gasteiger partial charge is 0.262 e. The summed E-state index contributed by atoms with van der Waals surface area (Å²) in [5.41, 5.74) is 2.87. The van der Waals surface area contributed by atoms with Gasteiger partial charge in [-0.05, 0) is 37.0 Å². The summed E-state index contributed by atoms with van der Waals surface area (Å²) in [4.78, 5) is 31.5. The van der Waals surface area contributed by atoms with Gasteiger partial charge in [-0.2, -0.15) is 0 Å². The molecule has 3 rings (SSSR count). The number of nitrogens with zero attached hydrogens (tertiary/aromatic N) is 2. The van der Waals surface area contributed by atoms with E-state index in [1.807, 2.05) is 38.1 Å². The van der Waals surface area contributed by atoms with Gasteiger partial charge in [0.1, 0.15) is 4.83 Å². The van der Waals surface area contributed by atoms with Gasteiger partial charge >= 0.3 is 0 Å². The fourth-order valence-corrected chi connectivity index (χ4v) is 4.76. The molecular formula is C20H23N3O2S2. The van der Waals surface area contributed by atoms with Crippen LogP contribution >= 0.6 is 23.1 Å². The van der Waals surface area contributed by atoms with Crippen LogP contribution in [0, 0.1) is 13.8 Å². The molecular weight excluding hydrogens is 378 g/mol. The van der Waals surface area contributed by atoms with Crippen molar-refractivity contribution in [1.82, 2.24) is 9.55 Å². The number of benzene rings is 1. The van der Waals surface area contributed by atoms with Crippen LogP contribution in [0.1, 0.15) is 35.8 Å². The molecule has 0 aliphatic rings. The van der Waals surface area contributed by atoms with E-state index in [0.717, 1.165) is 26.5 Å². The molecule has 0 saturated carbocycles. The van der Waals surface area contributed by atoms with Gasteiger partial charge in [0, 0.05) is 17.6 Å². The molecule has 1 aromatic carbocycles. The highest BCUT2D eigenvalue weighted by Gasteiger charge is 2.16. The Bertz CT molecular complexity index is 1070. The monoisotopic (exact) mass is 401 g/mol. The van der Waals surface area contributed by atoms with Crippen molar-refractivity contribution in [2.24, 2.45) is 7.05 Å². The third kappa shape index (κ3) is 3.94. The van der Waals surface area contributed by atoms with Gasteiger partial charge in [0.05, 0.1) is 11.1 Å². The van der Waals surface area contributed by atoms with Gasteiger partial charge in [-0.15, -0.1) is 11.3 Å². The van der Waals surface area contributed by atoms with E-state index in [0.29, 0.717) is 16.5 Å². The van der Waals surface area contributed by atoms with Gasteiger partial charge in [-0.25, -0.2) is 4.98 Å². The lowest BCUT2D eigenvalue weighted by molar-refractivity contribution is -0.113. The van der Waals surface area contributed by atoms with Crippen molar-refractivity contribution in [3.8, 4) is 0 Å². The highest BCUT2D eigenvalue weighted by atomic mass is 32.2. The summed E-state index contributed by atoms with van der Waals surface area (Å²) in [5, 5.41) is 4.21. The Labute approximate surface area is 166 Å². The van der Waals surface area contributed by atoms with Gasteiger partial charge in [-0.3, -0.25) is 14.2 Å². The Balaban J connectivity index is 1.78. The minimum Gasteiger partial charge on any atom is -0.325 e. The molecule has 0 radical (unpaired) electrons. The second-order valence-corrected chi connectivity index (χ2v) is 8.95. The average Bonchev–Trinajstić information content (AvgIpc) is 2.91. The van der Waals surface area contributed by atoms with Crippen molar-refractivity contribution in [3.63, 3.8) is 0 Å². The predicted octanol–water partition coefficient (Wildman–Crippen LogP) is 4.47. The zero-order chi connectivity index (χ0) is 19.7. The zero-order valence-electron chi connectivity index (χ0n) is 16.1. The van der Waals surface area contributed by atoms with Crippen molar-refractivity contribution in [2.75, 3.05) is 11.1 Å². The Morgan fingerprint density at radius 1 is 1.30 bits per heavy atom. The first-order valence-electron chi connectivity index (χ1n) is 8.78. The lowest BCUT2D eigenvalue weighted by Crippen LogP contribution is -2.21. The lowest BCUT2D eigenvalue weighted by atomic mass is 10.0. The molecule has 0 fully saturated rings. The Morgan fingerprint density at radius 2 is 2.00 bits per heavy atom. The number of thioether (sulfide) groups is 1. The van der Waals surface area contributed by atoms with Crippen LogP contribution in [0.4, 0.5) is 5.69 Å². The predicted molar refractivity (Wildman–Crippen MR) is 114 cm³/mol. The van der Waals surface area contributed by atoms with Crippen LogP contribution < -0.4 is 10.9 Å². The number of hydrogen-bond donors (Lipinski definition) is 1. The third-order valence-electron chi connectivity index (χ3n) is 4.56. The van der Waals surface area contributed by atoms with Gasteiger partial charge < -0.3 is 5.32 Å². The SMILES string of the molecule is Cc1sc2nc(SCC(=O)Nc3ccccc3C(C)C)n(C)c(=O)c2c1C. The van der Waals surface area contributed by atoms with Gasteiger partial charge in [0.25, 0.3) is 5.56 Å². The molecule has 1 amide bonds. The van der Waals surface area contributed by atoms with Crippen molar-refractivity contribution in [1.29, 1.82) is 0 Å². The van der Waals surface area contributed by atoms with E-state index in [2.05, 4.69) is 24.1 Å². The molecule has 7 heteroatoms. The van der Waals surface area contributed by atoms with E-state index < -0.39 is 0 Å².